The molecule has 2 heterocycles. The van der Waals surface area contributed by atoms with Crippen molar-refractivity contribution < 1.29 is 0 Å². The third-order valence-electron chi connectivity index (χ3n) is 3.80. The number of hydrogen-bond acceptors (Lipinski definition) is 3. The minimum Gasteiger partial charge on any atom is -0.356 e. The summed E-state index contributed by atoms with van der Waals surface area (Å²) in [6.45, 7) is 11.9. The molecule has 1 fully saturated rings. The zero-order valence-corrected chi connectivity index (χ0v) is 12.8. The van der Waals surface area contributed by atoms with Crippen LogP contribution in [0.5, 0.6) is 0 Å². The topological polar surface area (TPSA) is 28.2 Å². The van der Waals surface area contributed by atoms with Crippen molar-refractivity contribution in [3.05, 3.63) is 22.9 Å². The summed E-state index contributed by atoms with van der Waals surface area (Å²) < 4.78 is 0. The van der Waals surface area contributed by atoms with Gasteiger partial charge in [-0.3, -0.25) is 0 Å². The molecule has 0 bridgehead atoms. The number of aromatic nitrogens is 1. The Hall–Kier alpha value is -1.09. The predicted octanol–water partition coefficient (Wildman–Crippen LogP) is 3.19. The van der Waals surface area contributed by atoms with Crippen molar-refractivity contribution in [3.63, 3.8) is 0 Å². The van der Waals surface area contributed by atoms with Crippen LogP contribution in [0.4, 0.5) is 5.82 Å². The first-order valence-corrected chi connectivity index (χ1v) is 7.53. The van der Waals surface area contributed by atoms with Crippen molar-refractivity contribution in [1.82, 2.24) is 10.3 Å². The standard InChI is InChI=1S/C16H27N3/c1-12(2)17-11-15-13(3)10-14(4)18-16(15)19-8-6-5-7-9-19/h10,12,17H,5-9,11H2,1-4H3. The van der Waals surface area contributed by atoms with Crippen LogP contribution < -0.4 is 10.2 Å². The van der Waals surface area contributed by atoms with Gasteiger partial charge in [0.05, 0.1) is 0 Å². The van der Waals surface area contributed by atoms with Crippen LogP contribution in [-0.2, 0) is 6.54 Å². The van der Waals surface area contributed by atoms with Gasteiger partial charge in [-0.1, -0.05) is 13.8 Å². The van der Waals surface area contributed by atoms with Crippen molar-refractivity contribution in [2.45, 2.75) is 59.5 Å². The van der Waals surface area contributed by atoms with Crippen LogP contribution in [0.3, 0.4) is 0 Å². The average molecular weight is 261 g/mol. The minimum absolute atomic E-state index is 0.509. The fourth-order valence-electron chi connectivity index (χ4n) is 2.74. The Morgan fingerprint density at radius 3 is 2.53 bits per heavy atom. The summed E-state index contributed by atoms with van der Waals surface area (Å²) in [7, 11) is 0. The molecule has 1 aliphatic rings. The summed E-state index contributed by atoms with van der Waals surface area (Å²) in [5.74, 6) is 1.21. The molecular formula is C16H27N3. The molecular weight excluding hydrogens is 234 g/mol. The first-order valence-electron chi connectivity index (χ1n) is 7.53. The summed E-state index contributed by atoms with van der Waals surface area (Å²) in [4.78, 5) is 7.29. The number of pyridine rings is 1. The van der Waals surface area contributed by atoms with Crippen LogP contribution in [0.2, 0.25) is 0 Å². The molecule has 0 spiro atoms. The SMILES string of the molecule is Cc1cc(C)c(CNC(C)C)c(N2CCCCC2)n1. The van der Waals surface area contributed by atoms with E-state index in [1.54, 1.807) is 0 Å². The van der Waals surface area contributed by atoms with E-state index in [0.717, 1.165) is 25.3 Å². The molecule has 19 heavy (non-hydrogen) atoms. The lowest BCUT2D eigenvalue weighted by atomic mass is 10.1. The summed E-state index contributed by atoms with van der Waals surface area (Å²) in [5, 5.41) is 3.53. The number of nitrogens with one attached hydrogen (secondary N) is 1. The average Bonchev–Trinajstić information content (AvgIpc) is 2.37. The molecule has 0 aromatic carbocycles. The van der Waals surface area contributed by atoms with Gasteiger partial charge in [0.25, 0.3) is 0 Å². The van der Waals surface area contributed by atoms with Gasteiger partial charge < -0.3 is 10.2 Å². The lowest BCUT2D eigenvalue weighted by molar-refractivity contribution is 0.560. The van der Waals surface area contributed by atoms with Gasteiger partial charge in [0.2, 0.25) is 0 Å². The first-order chi connectivity index (χ1) is 9.08. The summed E-state index contributed by atoms with van der Waals surface area (Å²) in [5.41, 5.74) is 3.87. The largest absolute Gasteiger partial charge is 0.356 e. The number of nitrogens with zero attached hydrogens (tertiary/aromatic N) is 2. The van der Waals surface area contributed by atoms with Crippen molar-refractivity contribution in [1.29, 1.82) is 0 Å². The quantitative estimate of drug-likeness (QED) is 0.902. The Morgan fingerprint density at radius 1 is 1.21 bits per heavy atom. The molecule has 3 nitrogen and oxygen atoms in total. The third-order valence-corrected chi connectivity index (χ3v) is 3.80. The number of hydrogen-bond donors (Lipinski definition) is 1. The van der Waals surface area contributed by atoms with E-state index in [9.17, 15) is 0 Å². The molecule has 1 saturated heterocycles. The van der Waals surface area contributed by atoms with E-state index in [0.29, 0.717) is 6.04 Å². The first kappa shape index (κ1) is 14.3. The molecule has 1 aliphatic heterocycles. The second kappa shape index (κ2) is 6.38. The van der Waals surface area contributed by atoms with E-state index in [1.165, 1.54) is 36.2 Å². The summed E-state index contributed by atoms with van der Waals surface area (Å²) >= 11 is 0. The molecule has 0 amide bonds. The van der Waals surface area contributed by atoms with Gasteiger partial charge >= 0.3 is 0 Å². The third kappa shape index (κ3) is 3.69. The van der Waals surface area contributed by atoms with Crippen LogP contribution in [0.1, 0.15) is 49.9 Å². The van der Waals surface area contributed by atoms with Gasteiger partial charge in [0.15, 0.2) is 0 Å². The fraction of sp³-hybridized carbons (Fsp3) is 0.688. The van der Waals surface area contributed by atoms with E-state index in [2.05, 4.69) is 44.0 Å². The molecule has 0 unspecified atom stereocenters. The Bertz CT molecular complexity index is 420. The number of aryl methyl sites for hydroxylation is 2. The highest BCUT2D eigenvalue weighted by Crippen LogP contribution is 2.25. The summed E-state index contributed by atoms with van der Waals surface area (Å²) in [6, 6.07) is 2.71. The molecule has 0 aliphatic carbocycles. The maximum Gasteiger partial charge on any atom is 0.133 e. The van der Waals surface area contributed by atoms with Gasteiger partial charge in [0, 0.05) is 36.9 Å². The van der Waals surface area contributed by atoms with Crippen molar-refractivity contribution >= 4 is 5.82 Å². The molecule has 106 valence electrons. The van der Waals surface area contributed by atoms with E-state index in [1.807, 2.05) is 0 Å². The van der Waals surface area contributed by atoms with Crippen LogP contribution in [0, 0.1) is 13.8 Å². The second-order valence-electron chi connectivity index (χ2n) is 5.97. The number of rotatable bonds is 4. The van der Waals surface area contributed by atoms with Crippen molar-refractivity contribution in [3.8, 4) is 0 Å². The van der Waals surface area contributed by atoms with E-state index in [4.69, 9.17) is 4.98 Å². The lowest BCUT2D eigenvalue weighted by Gasteiger charge is -2.30. The summed E-state index contributed by atoms with van der Waals surface area (Å²) in [6.07, 6.45) is 3.96. The Labute approximate surface area is 117 Å². The molecule has 0 radical (unpaired) electrons. The lowest BCUT2D eigenvalue weighted by Crippen LogP contribution is -2.33. The molecule has 0 saturated carbocycles. The van der Waals surface area contributed by atoms with Crippen LogP contribution in [0.15, 0.2) is 6.07 Å². The van der Waals surface area contributed by atoms with E-state index >= 15 is 0 Å². The molecule has 1 aromatic heterocycles. The van der Waals surface area contributed by atoms with Crippen LogP contribution in [-0.4, -0.2) is 24.1 Å². The number of piperidine rings is 1. The Kier molecular flexibility index (Phi) is 4.81. The molecule has 2 rings (SSSR count). The predicted molar refractivity (Wildman–Crippen MR) is 81.8 cm³/mol. The zero-order valence-electron chi connectivity index (χ0n) is 12.8. The van der Waals surface area contributed by atoms with Gasteiger partial charge in [-0.2, -0.15) is 0 Å². The van der Waals surface area contributed by atoms with Gasteiger partial charge in [0.1, 0.15) is 5.82 Å². The highest BCUT2D eigenvalue weighted by atomic mass is 15.2. The maximum atomic E-state index is 4.82. The second-order valence-corrected chi connectivity index (χ2v) is 5.97. The Balaban J connectivity index is 2.27. The van der Waals surface area contributed by atoms with Crippen molar-refractivity contribution in [2.75, 3.05) is 18.0 Å². The highest BCUT2D eigenvalue weighted by molar-refractivity contribution is 5.52. The van der Waals surface area contributed by atoms with E-state index in [-0.39, 0.29) is 0 Å². The van der Waals surface area contributed by atoms with Crippen LogP contribution >= 0.6 is 0 Å². The molecule has 1 aromatic rings. The van der Waals surface area contributed by atoms with Gasteiger partial charge in [-0.15, -0.1) is 0 Å². The normalized spacial score (nSPS) is 16.2. The fourth-order valence-corrected chi connectivity index (χ4v) is 2.74. The highest BCUT2D eigenvalue weighted by Gasteiger charge is 2.17. The Morgan fingerprint density at radius 2 is 1.89 bits per heavy atom. The van der Waals surface area contributed by atoms with Gasteiger partial charge in [-0.05, 0) is 44.7 Å². The number of anilines is 1. The molecule has 1 N–H and O–H groups in total. The van der Waals surface area contributed by atoms with Crippen molar-refractivity contribution in [2.24, 2.45) is 0 Å². The zero-order chi connectivity index (χ0) is 13.8. The molecule has 0 atom stereocenters. The smallest absolute Gasteiger partial charge is 0.133 e. The molecule has 3 heteroatoms. The van der Waals surface area contributed by atoms with Gasteiger partial charge in [-0.25, -0.2) is 4.98 Å². The monoisotopic (exact) mass is 261 g/mol. The van der Waals surface area contributed by atoms with E-state index < -0.39 is 0 Å². The van der Waals surface area contributed by atoms with Crippen LogP contribution in [0.25, 0.3) is 0 Å². The maximum absolute atomic E-state index is 4.82. The minimum atomic E-state index is 0.509.